The number of rotatable bonds is 3. The molecule has 4 heteroatoms. The van der Waals surface area contributed by atoms with Gasteiger partial charge in [0.15, 0.2) is 0 Å². The van der Waals surface area contributed by atoms with Gasteiger partial charge in [0.2, 0.25) is 0 Å². The van der Waals surface area contributed by atoms with Crippen LogP contribution in [0.25, 0.3) is 0 Å². The van der Waals surface area contributed by atoms with Gasteiger partial charge in [-0.1, -0.05) is 0 Å². The number of aromatic nitrogens is 1. The zero-order valence-corrected chi connectivity index (χ0v) is 9.04. The number of pyridine rings is 1. The molecule has 1 aromatic rings. The van der Waals surface area contributed by atoms with Crippen LogP contribution in [0.1, 0.15) is 16.9 Å². The summed E-state index contributed by atoms with van der Waals surface area (Å²) in [6, 6.07) is 3.42. The Balaban J connectivity index is 2.53. The first-order chi connectivity index (χ1) is 6.74. The van der Waals surface area contributed by atoms with Crippen molar-refractivity contribution < 1.29 is 4.79 Å². The third-order valence-corrected chi connectivity index (χ3v) is 1.98. The standard InChI is InChI=1S/C10H9BrN2O/c1-2-3-6-12-10(14)9-5-4-8(11)7-13-9/h1,4-5,7H,3,6H2,(H,12,14). The van der Waals surface area contributed by atoms with E-state index in [1.807, 2.05) is 0 Å². The van der Waals surface area contributed by atoms with Gasteiger partial charge in [0.05, 0.1) is 0 Å². The van der Waals surface area contributed by atoms with Gasteiger partial charge in [0, 0.05) is 23.6 Å². The predicted octanol–water partition coefficient (Wildman–Crippen LogP) is 1.60. The Morgan fingerprint density at radius 1 is 1.64 bits per heavy atom. The first-order valence-electron chi connectivity index (χ1n) is 4.07. The summed E-state index contributed by atoms with van der Waals surface area (Å²) in [6.45, 7) is 0.479. The molecule has 1 aromatic heterocycles. The summed E-state index contributed by atoms with van der Waals surface area (Å²) < 4.78 is 0.845. The topological polar surface area (TPSA) is 42.0 Å². The number of terminal acetylenes is 1. The Bertz CT molecular complexity index is 353. The summed E-state index contributed by atoms with van der Waals surface area (Å²) in [6.07, 6.45) is 7.16. The first-order valence-corrected chi connectivity index (χ1v) is 4.86. The predicted molar refractivity (Wildman–Crippen MR) is 57.7 cm³/mol. The molecule has 0 atom stereocenters. The monoisotopic (exact) mass is 252 g/mol. The lowest BCUT2D eigenvalue weighted by Gasteiger charge is -2.01. The van der Waals surface area contributed by atoms with E-state index in [0.717, 1.165) is 4.47 Å². The molecule has 0 saturated heterocycles. The van der Waals surface area contributed by atoms with Crippen LogP contribution in [-0.2, 0) is 0 Å². The maximum absolute atomic E-state index is 11.4. The number of carbonyl (C=O) groups excluding carboxylic acids is 1. The highest BCUT2D eigenvalue weighted by molar-refractivity contribution is 9.10. The van der Waals surface area contributed by atoms with Gasteiger partial charge in [-0.2, -0.15) is 0 Å². The number of amides is 1. The second-order valence-electron chi connectivity index (χ2n) is 2.57. The van der Waals surface area contributed by atoms with Gasteiger partial charge in [-0.25, -0.2) is 4.98 Å². The van der Waals surface area contributed by atoms with Crippen LogP contribution < -0.4 is 5.32 Å². The largest absolute Gasteiger partial charge is 0.350 e. The molecule has 14 heavy (non-hydrogen) atoms. The van der Waals surface area contributed by atoms with Crippen molar-refractivity contribution in [1.82, 2.24) is 10.3 Å². The van der Waals surface area contributed by atoms with Crippen molar-refractivity contribution in [3.8, 4) is 12.3 Å². The summed E-state index contributed by atoms with van der Waals surface area (Å²) in [4.78, 5) is 15.3. The van der Waals surface area contributed by atoms with Gasteiger partial charge in [-0.3, -0.25) is 4.79 Å². The van der Waals surface area contributed by atoms with Crippen LogP contribution in [0.2, 0.25) is 0 Å². The Morgan fingerprint density at radius 3 is 3.00 bits per heavy atom. The van der Waals surface area contributed by atoms with Crippen molar-refractivity contribution in [2.75, 3.05) is 6.54 Å². The van der Waals surface area contributed by atoms with Crippen molar-refractivity contribution in [3.63, 3.8) is 0 Å². The summed E-state index contributed by atoms with van der Waals surface area (Å²) in [5.74, 6) is 2.24. The fraction of sp³-hybridized carbons (Fsp3) is 0.200. The summed E-state index contributed by atoms with van der Waals surface area (Å²) in [7, 11) is 0. The van der Waals surface area contributed by atoms with E-state index in [-0.39, 0.29) is 5.91 Å². The molecule has 1 rings (SSSR count). The minimum absolute atomic E-state index is 0.201. The summed E-state index contributed by atoms with van der Waals surface area (Å²) >= 11 is 3.24. The third kappa shape index (κ3) is 3.19. The molecule has 0 bridgehead atoms. The lowest BCUT2D eigenvalue weighted by Crippen LogP contribution is -2.24. The first kappa shape index (κ1) is 10.7. The molecule has 1 heterocycles. The van der Waals surface area contributed by atoms with Crippen molar-refractivity contribution in [2.24, 2.45) is 0 Å². The highest BCUT2D eigenvalue weighted by Gasteiger charge is 2.04. The van der Waals surface area contributed by atoms with E-state index in [9.17, 15) is 4.79 Å². The van der Waals surface area contributed by atoms with E-state index in [0.29, 0.717) is 18.7 Å². The van der Waals surface area contributed by atoms with E-state index in [4.69, 9.17) is 6.42 Å². The minimum Gasteiger partial charge on any atom is -0.350 e. The highest BCUT2D eigenvalue weighted by atomic mass is 79.9. The second-order valence-corrected chi connectivity index (χ2v) is 3.49. The zero-order chi connectivity index (χ0) is 10.4. The van der Waals surface area contributed by atoms with Gasteiger partial charge in [0.1, 0.15) is 5.69 Å². The Morgan fingerprint density at radius 2 is 2.43 bits per heavy atom. The van der Waals surface area contributed by atoms with Crippen LogP contribution in [0.5, 0.6) is 0 Å². The van der Waals surface area contributed by atoms with Gasteiger partial charge in [-0.05, 0) is 28.1 Å². The number of hydrogen-bond acceptors (Lipinski definition) is 2. The maximum atomic E-state index is 11.4. The molecular weight excluding hydrogens is 244 g/mol. The van der Waals surface area contributed by atoms with Crippen LogP contribution in [0.15, 0.2) is 22.8 Å². The number of nitrogens with one attached hydrogen (secondary N) is 1. The number of nitrogens with zero attached hydrogens (tertiary/aromatic N) is 1. The van der Waals surface area contributed by atoms with E-state index in [1.165, 1.54) is 0 Å². The lowest BCUT2D eigenvalue weighted by molar-refractivity contribution is 0.0949. The molecule has 0 saturated carbocycles. The molecule has 0 aliphatic heterocycles. The molecule has 72 valence electrons. The normalized spacial score (nSPS) is 9.14. The lowest BCUT2D eigenvalue weighted by atomic mass is 10.3. The fourth-order valence-corrected chi connectivity index (χ4v) is 1.08. The van der Waals surface area contributed by atoms with Crippen molar-refractivity contribution in [2.45, 2.75) is 6.42 Å². The van der Waals surface area contributed by atoms with Gasteiger partial charge in [-0.15, -0.1) is 12.3 Å². The van der Waals surface area contributed by atoms with Crippen molar-refractivity contribution in [3.05, 3.63) is 28.5 Å². The van der Waals surface area contributed by atoms with E-state index >= 15 is 0 Å². The highest BCUT2D eigenvalue weighted by Crippen LogP contribution is 2.06. The number of halogens is 1. The molecule has 0 aliphatic rings. The maximum Gasteiger partial charge on any atom is 0.269 e. The van der Waals surface area contributed by atoms with Crippen molar-refractivity contribution >= 4 is 21.8 Å². The smallest absolute Gasteiger partial charge is 0.269 e. The van der Waals surface area contributed by atoms with Gasteiger partial charge >= 0.3 is 0 Å². The van der Waals surface area contributed by atoms with Crippen molar-refractivity contribution in [1.29, 1.82) is 0 Å². The Kier molecular flexibility index (Phi) is 4.14. The molecule has 3 nitrogen and oxygen atoms in total. The van der Waals surface area contributed by atoms with E-state index < -0.39 is 0 Å². The number of hydrogen-bond donors (Lipinski definition) is 1. The average molecular weight is 253 g/mol. The molecule has 0 spiro atoms. The molecule has 0 aromatic carbocycles. The molecule has 1 amide bonds. The molecular formula is C10H9BrN2O. The fourth-order valence-electron chi connectivity index (χ4n) is 0.849. The molecule has 0 radical (unpaired) electrons. The minimum atomic E-state index is -0.201. The zero-order valence-electron chi connectivity index (χ0n) is 7.46. The Hall–Kier alpha value is -1.34. The third-order valence-electron chi connectivity index (χ3n) is 1.51. The van der Waals surface area contributed by atoms with Crippen LogP contribution in [0, 0.1) is 12.3 Å². The van der Waals surface area contributed by atoms with Crippen LogP contribution in [0.3, 0.4) is 0 Å². The quantitative estimate of drug-likeness (QED) is 0.656. The van der Waals surface area contributed by atoms with Gasteiger partial charge in [0.25, 0.3) is 5.91 Å². The van der Waals surface area contributed by atoms with E-state index in [1.54, 1.807) is 18.3 Å². The molecule has 0 fully saturated rings. The van der Waals surface area contributed by atoms with Crippen LogP contribution >= 0.6 is 15.9 Å². The average Bonchev–Trinajstić information content (AvgIpc) is 2.19. The molecule has 0 aliphatic carbocycles. The van der Waals surface area contributed by atoms with E-state index in [2.05, 4.69) is 32.2 Å². The number of carbonyl (C=O) groups is 1. The molecule has 0 unspecified atom stereocenters. The van der Waals surface area contributed by atoms with Gasteiger partial charge < -0.3 is 5.32 Å². The summed E-state index contributed by atoms with van der Waals surface area (Å²) in [5.41, 5.74) is 0.394. The van der Waals surface area contributed by atoms with Crippen LogP contribution in [0.4, 0.5) is 0 Å². The Labute approximate surface area is 91.1 Å². The van der Waals surface area contributed by atoms with Crippen LogP contribution in [-0.4, -0.2) is 17.4 Å². The molecule has 1 N–H and O–H groups in total. The second kappa shape index (κ2) is 5.40. The summed E-state index contributed by atoms with van der Waals surface area (Å²) in [5, 5.41) is 2.66. The SMILES string of the molecule is C#CCCNC(=O)c1ccc(Br)cn1.